The number of allylic oxidation sites excluding steroid dienone is 2. The zero-order valence-corrected chi connectivity index (χ0v) is 14.3. The Labute approximate surface area is 145 Å². The molecule has 24 heavy (non-hydrogen) atoms. The molecule has 0 radical (unpaired) electrons. The number of hydrogen-bond acceptors (Lipinski definition) is 3. The molecule has 1 aromatic rings. The van der Waals surface area contributed by atoms with Gasteiger partial charge in [0.15, 0.2) is 0 Å². The first-order chi connectivity index (χ1) is 11.4. The fourth-order valence-electron chi connectivity index (χ4n) is 3.28. The monoisotopic (exact) mass is 346 g/mol. The van der Waals surface area contributed by atoms with Crippen molar-refractivity contribution >= 4 is 35.0 Å². The maximum atomic E-state index is 12.5. The Morgan fingerprint density at radius 3 is 2.33 bits per heavy atom. The molecular weight excluding hydrogens is 328 g/mol. The summed E-state index contributed by atoms with van der Waals surface area (Å²) in [4.78, 5) is 38.7. The van der Waals surface area contributed by atoms with E-state index in [9.17, 15) is 14.4 Å². The van der Waals surface area contributed by atoms with E-state index in [-0.39, 0.29) is 23.7 Å². The molecule has 0 bridgehead atoms. The lowest BCUT2D eigenvalue weighted by molar-refractivity contribution is -0.146. The van der Waals surface area contributed by atoms with E-state index in [0.29, 0.717) is 23.6 Å². The summed E-state index contributed by atoms with van der Waals surface area (Å²) in [6.07, 6.45) is 4.97. The van der Waals surface area contributed by atoms with Crippen LogP contribution in [0, 0.1) is 18.8 Å². The second kappa shape index (κ2) is 6.40. The summed E-state index contributed by atoms with van der Waals surface area (Å²) in [5, 5.41) is 3.13. The first-order valence-corrected chi connectivity index (χ1v) is 8.37. The molecule has 3 atom stereocenters. The Morgan fingerprint density at radius 2 is 1.79 bits per heavy atom. The third-order valence-corrected chi connectivity index (χ3v) is 5.00. The summed E-state index contributed by atoms with van der Waals surface area (Å²) < 4.78 is 0. The van der Waals surface area contributed by atoms with Crippen molar-refractivity contribution in [2.45, 2.75) is 32.7 Å². The Bertz CT molecular complexity index is 718. The van der Waals surface area contributed by atoms with Crippen LogP contribution in [0.3, 0.4) is 0 Å². The lowest BCUT2D eigenvalue weighted by Crippen LogP contribution is -2.46. The van der Waals surface area contributed by atoms with Gasteiger partial charge in [-0.05, 0) is 44.4 Å². The van der Waals surface area contributed by atoms with Crippen molar-refractivity contribution in [2.75, 3.05) is 5.32 Å². The number of likely N-dealkylation sites (tertiary alicyclic amines) is 1. The highest BCUT2D eigenvalue weighted by Gasteiger charge is 2.50. The largest absolute Gasteiger partial charge is 0.323 e. The number of aryl methyl sites for hydroxylation is 1. The van der Waals surface area contributed by atoms with Gasteiger partial charge < -0.3 is 5.32 Å². The second-order valence-corrected chi connectivity index (χ2v) is 6.76. The quantitative estimate of drug-likeness (QED) is 0.676. The number of benzene rings is 1. The smallest absolute Gasteiger partial charge is 0.247 e. The maximum Gasteiger partial charge on any atom is 0.247 e. The first kappa shape index (κ1) is 16.7. The number of fused-ring (bicyclic) bond motifs is 1. The molecule has 1 aliphatic heterocycles. The average molecular weight is 347 g/mol. The third-order valence-electron chi connectivity index (χ3n) is 4.69. The van der Waals surface area contributed by atoms with Crippen LogP contribution in [0.4, 0.5) is 5.69 Å². The number of carbonyl (C=O) groups is 3. The van der Waals surface area contributed by atoms with E-state index in [1.54, 1.807) is 19.1 Å². The molecule has 1 N–H and O–H groups in total. The van der Waals surface area contributed by atoms with Gasteiger partial charge in [0.05, 0.1) is 22.5 Å². The highest BCUT2D eigenvalue weighted by molar-refractivity contribution is 6.33. The average Bonchev–Trinajstić information content (AvgIpc) is 2.81. The summed E-state index contributed by atoms with van der Waals surface area (Å²) >= 11 is 6.12. The molecule has 0 unspecified atom stereocenters. The fraction of sp³-hybridized carbons (Fsp3) is 0.389. The number of carbonyl (C=O) groups excluding carboxylic acids is 3. The van der Waals surface area contributed by atoms with Crippen LogP contribution in [-0.2, 0) is 14.4 Å². The van der Waals surface area contributed by atoms with Crippen LogP contribution in [0.5, 0.6) is 0 Å². The van der Waals surface area contributed by atoms with Gasteiger partial charge in [-0.2, -0.15) is 0 Å². The Balaban J connectivity index is 1.76. The fourth-order valence-corrected chi connectivity index (χ4v) is 3.57. The van der Waals surface area contributed by atoms with Gasteiger partial charge in [0.25, 0.3) is 0 Å². The van der Waals surface area contributed by atoms with E-state index in [4.69, 9.17) is 11.6 Å². The van der Waals surface area contributed by atoms with Crippen LogP contribution in [-0.4, -0.2) is 28.7 Å². The molecule has 1 fully saturated rings. The van der Waals surface area contributed by atoms with E-state index in [1.165, 1.54) is 0 Å². The molecule has 3 amide bonds. The third kappa shape index (κ3) is 2.84. The van der Waals surface area contributed by atoms with Gasteiger partial charge in [-0.15, -0.1) is 0 Å². The van der Waals surface area contributed by atoms with Crippen molar-refractivity contribution in [3.63, 3.8) is 0 Å². The normalized spacial score (nSPS) is 24.0. The highest BCUT2D eigenvalue weighted by Crippen LogP contribution is 2.36. The topological polar surface area (TPSA) is 66.5 Å². The van der Waals surface area contributed by atoms with Gasteiger partial charge in [-0.25, -0.2) is 0 Å². The standard InChI is InChI=1S/C18H19ClN2O3/c1-10-7-8-15(14(19)9-10)20-16(22)11(2)21-17(23)12-5-3-4-6-13(12)18(21)24/h3-4,7-9,11-13H,5-6H2,1-2H3,(H,20,22)/t11-,12+,13+/m0/s1. The van der Waals surface area contributed by atoms with Gasteiger partial charge >= 0.3 is 0 Å². The predicted octanol–water partition coefficient (Wildman–Crippen LogP) is 2.93. The summed E-state index contributed by atoms with van der Waals surface area (Å²) in [6.45, 7) is 3.47. The number of imide groups is 1. The zero-order valence-electron chi connectivity index (χ0n) is 13.6. The van der Waals surface area contributed by atoms with Crippen molar-refractivity contribution < 1.29 is 14.4 Å². The second-order valence-electron chi connectivity index (χ2n) is 6.35. The molecule has 126 valence electrons. The number of hydrogen-bond donors (Lipinski definition) is 1. The van der Waals surface area contributed by atoms with Crippen LogP contribution in [0.2, 0.25) is 5.02 Å². The van der Waals surface area contributed by atoms with E-state index in [1.807, 2.05) is 25.1 Å². The van der Waals surface area contributed by atoms with E-state index in [2.05, 4.69) is 5.32 Å². The molecule has 3 rings (SSSR count). The number of nitrogens with zero attached hydrogens (tertiary/aromatic N) is 1. The van der Waals surface area contributed by atoms with Gasteiger partial charge in [0.1, 0.15) is 6.04 Å². The predicted molar refractivity (Wildman–Crippen MR) is 91.5 cm³/mol. The van der Waals surface area contributed by atoms with Crippen molar-refractivity contribution in [2.24, 2.45) is 11.8 Å². The van der Waals surface area contributed by atoms with Gasteiger partial charge in [-0.3, -0.25) is 19.3 Å². The Morgan fingerprint density at radius 1 is 1.21 bits per heavy atom. The molecule has 1 heterocycles. The molecule has 6 heteroatoms. The molecule has 0 saturated carbocycles. The SMILES string of the molecule is Cc1ccc(NC(=O)[C@H](C)N2C(=O)[C@@H]3CC=CC[C@H]3C2=O)c(Cl)c1. The van der Waals surface area contributed by atoms with Gasteiger partial charge in [-0.1, -0.05) is 29.8 Å². The number of rotatable bonds is 3. The minimum atomic E-state index is -0.868. The minimum absolute atomic E-state index is 0.257. The minimum Gasteiger partial charge on any atom is -0.323 e. The summed E-state index contributed by atoms with van der Waals surface area (Å²) in [7, 11) is 0. The molecule has 0 aromatic heterocycles. The lowest BCUT2D eigenvalue weighted by Gasteiger charge is -2.22. The van der Waals surface area contributed by atoms with Crippen LogP contribution in [0.15, 0.2) is 30.4 Å². The zero-order chi connectivity index (χ0) is 17.4. The first-order valence-electron chi connectivity index (χ1n) is 7.99. The van der Waals surface area contributed by atoms with E-state index in [0.717, 1.165) is 10.5 Å². The number of anilines is 1. The molecule has 1 aliphatic carbocycles. The molecule has 5 nitrogen and oxygen atoms in total. The van der Waals surface area contributed by atoms with Crippen LogP contribution < -0.4 is 5.32 Å². The van der Waals surface area contributed by atoms with Crippen molar-refractivity contribution in [3.05, 3.63) is 40.9 Å². The van der Waals surface area contributed by atoms with E-state index < -0.39 is 11.9 Å². The van der Waals surface area contributed by atoms with E-state index >= 15 is 0 Å². The molecular formula is C18H19ClN2O3. The van der Waals surface area contributed by atoms with Crippen molar-refractivity contribution in [1.29, 1.82) is 0 Å². The molecule has 0 spiro atoms. The number of nitrogens with one attached hydrogen (secondary N) is 1. The molecule has 1 aromatic carbocycles. The van der Waals surface area contributed by atoms with Crippen molar-refractivity contribution in [1.82, 2.24) is 4.90 Å². The van der Waals surface area contributed by atoms with Crippen LogP contribution in [0.1, 0.15) is 25.3 Å². The Kier molecular flexibility index (Phi) is 4.45. The lowest BCUT2D eigenvalue weighted by atomic mass is 9.85. The Hall–Kier alpha value is -2.14. The highest BCUT2D eigenvalue weighted by atomic mass is 35.5. The summed E-state index contributed by atoms with van der Waals surface area (Å²) in [6, 6.07) is 4.42. The number of halogens is 1. The number of amides is 3. The maximum absolute atomic E-state index is 12.5. The van der Waals surface area contributed by atoms with Gasteiger partial charge in [0.2, 0.25) is 17.7 Å². The van der Waals surface area contributed by atoms with Gasteiger partial charge in [0, 0.05) is 0 Å². The summed E-state index contributed by atoms with van der Waals surface area (Å²) in [5.74, 6) is -1.60. The van der Waals surface area contributed by atoms with Crippen LogP contribution >= 0.6 is 11.6 Å². The summed E-state index contributed by atoms with van der Waals surface area (Å²) in [5.41, 5.74) is 1.45. The molecule has 1 saturated heterocycles. The molecule has 2 aliphatic rings. The van der Waals surface area contributed by atoms with Crippen molar-refractivity contribution in [3.8, 4) is 0 Å². The van der Waals surface area contributed by atoms with Crippen LogP contribution in [0.25, 0.3) is 0 Å².